The van der Waals surface area contributed by atoms with Crippen molar-refractivity contribution >= 4 is 17.6 Å². The summed E-state index contributed by atoms with van der Waals surface area (Å²) in [4.78, 5) is 25.4. The Morgan fingerprint density at radius 1 is 1.38 bits per heavy atom. The zero-order valence-electron chi connectivity index (χ0n) is 12.9. The normalized spacial score (nSPS) is 11.6. The number of carbonyl (C=O) groups excluding carboxylic acids is 2. The lowest BCUT2D eigenvalue weighted by molar-refractivity contribution is -0.145. The molecule has 0 saturated carbocycles. The monoisotopic (exact) mass is 294 g/mol. The summed E-state index contributed by atoms with van der Waals surface area (Å²) in [7, 11) is 2.94. The van der Waals surface area contributed by atoms with E-state index in [-0.39, 0.29) is 18.4 Å². The van der Waals surface area contributed by atoms with Crippen LogP contribution in [0.15, 0.2) is 18.2 Å². The maximum absolute atomic E-state index is 12.5. The van der Waals surface area contributed by atoms with Gasteiger partial charge in [-0.25, -0.2) is 0 Å². The highest BCUT2D eigenvalue weighted by Gasteiger charge is 2.23. The Hall–Kier alpha value is -2.24. The van der Waals surface area contributed by atoms with Crippen LogP contribution >= 0.6 is 0 Å². The van der Waals surface area contributed by atoms with Crippen molar-refractivity contribution < 1.29 is 19.1 Å². The van der Waals surface area contributed by atoms with E-state index < -0.39 is 5.92 Å². The molecule has 1 unspecified atom stereocenters. The fourth-order valence-electron chi connectivity index (χ4n) is 2.01. The zero-order valence-corrected chi connectivity index (χ0v) is 12.9. The van der Waals surface area contributed by atoms with Gasteiger partial charge in [0.15, 0.2) is 0 Å². The van der Waals surface area contributed by atoms with Crippen molar-refractivity contribution in [2.24, 2.45) is 5.92 Å². The number of hydrogen-bond acceptors (Lipinski definition) is 5. The number of methoxy groups -OCH3 is 1. The first-order valence-corrected chi connectivity index (χ1v) is 6.76. The zero-order chi connectivity index (χ0) is 16.0. The molecule has 0 aliphatic carbocycles. The topological polar surface area (TPSA) is 81.9 Å². The fraction of sp³-hybridized carbons (Fsp3) is 0.467. The van der Waals surface area contributed by atoms with E-state index in [9.17, 15) is 9.59 Å². The Morgan fingerprint density at radius 2 is 2.05 bits per heavy atom. The third-order valence-corrected chi connectivity index (χ3v) is 3.07. The summed E-state index contributed by atoms with van der Waals surface area (Å²) in [5.74, 6) is -0.613. The minimum absolute atomic E-state index is 0.241. The number of amides is 1. The van der Waals surface area contributed by atoms with Crippen LogP contribution in [0.2, 0.25) is 0 Å². The van der Waals surface area contributed by atoms with Gasteiger partial charge >= 0.3 is 5.97 Å². The molecule has 1 rings (SSSR count). The Balaban J connectivity index is 2.95. The van der Waals surface area contributed by atoms with Crippen LogP contribution in [-0.4, -0.2) is 44.1 Å². The lowest BCUT2D eigenvalue weighted by atomic mass is 10.1. The third-order valence-electron chi connectivity index (χ3n) is 3.07. The number of esters is 1. The average Bonchev–Trinajstić information content (AvgIpc) is 2.46. The second-order valence-corrected chi connectivity index (χ2v) is 4.76. The van der Waals surface area contributed by atoms with Gasteiger partial charge in [-0.2, -0.15) is 0 Å². The van der Waals surface area contributed by atoms with Gasteiger partial charge in [0.1, 0.15) is 11.3 Å². The third kappa shape index (κ3) is 4.11. The van der Waals surface area contributed by atoms with E-state index in [0.29, 0.717) is 23.6 Å². The molecular weight excluding hydrogens is 272 g/mol. The Labute approximate surface area is 124 Å². The van der Waals surface area contributed by atoms with Gasteiger partial charge < -0.3 is 20.1 Å². The van der Waals surface area contributed by atoms with Gasteiger partial charge in [0.2, 0.25) is 0 Å². The number of hydrogen-bond donors (Lipinski definition) is 1. The number of carbonyl (C=O) groups is 2. The quantitative estimate of drug-likeness (QED) is 0.636. The minimum Gasteiger partial charge on any atom is -0.493 e. The molecule has 6 heteroatoms. The van der Waals surface area contributed by atoms with E-state index in [1.807, 2.05) is 6.92 Å². The van der Waals surface area contributed by atoms with Crippen molar-refractivity contribution in [3.63, 3.8) is 0 Å². The molecule has 0 saturated heterocycles. The summed E-state index contributed by atoms with van der Waals surface area (Å²) >= 11 is 0. The first kappa shape index (κ1) is 16.8. The highest BCUT2D eigenvalue weighted by molar-refractivity contribution is 6.01. The molecular formula is C15H22N2O4. The molecule has 6 nitrogen and oxygen atoms in total. The molecule has 0 spiro atoms. The van der Waals surface area contributed by atoms with E-state index in [2.05, 4.69) is 4.74 Å². The van der Waals surface area contributed by atoms with Crippen molar-refractivity contribution in [1.82, 2.24) is 4.90 Å². The lowest BCUT2D eigenvalue weighted by Crippen LogP contribution is -2.34. The molecule has 0 aliphatic rings. The Morgan fingerprint density at radius 3 is 2.62 bits per heavy atom. The summed E-state index contributed by atoms with van der Waals surface area (Å²) in [5.41, 5.74) is 6.56. The van der Waals surface area contributed by atoms with Crippen LogP contribution in [0, 0.1) is 5.92 Å². The van der Waals surface area contributed by atoms with Crippen molar-refractivity contribution in [3.8, 4) is 5.75 Å². The molecule has 1 atom stereocenters. The highest BCUT2D eigenvalue weighted by atomic mass is 16.5. The molecule has 2 N–H and O–H groups in total. The summed E-state index contributed by atoms with van der Waals surface area (Å²) in [6, 6.07) is 5.08. The first-order chi connectivity index (χ1) is 9.92. The van der Waals surface area contributed by atoms with Crippen LogP contribution < -0.4 is 10.5 Å². The summed E-state index contributed by atoms with van der Waals surface area (Å²) < 4.78 is 10.1. The van der Waals surface area contributed by atoms with Gasteiger partial charge in [0.25, 0.3) is 5.91 Å². The van der Waals surface area contributed by atoms with Gasteiger partial charge in [-0.1, -0.05) is 13.0 Å². The number of nitrogen functional groups attached to an aromatic ring is 1. The van der Waals surface area contributed by atoms with E-state index in [1.54, 1.807) is 32.2 Å². The van der Waals surface area contributed by atoms with Gasteiger partial charge in [-0.15, -0.1) is 0 Å². The molecule has 0 radical (unpaired) electrons. The largest absolute Gasteiger partial charge is 0.493 e. The first-order valence-electron chi connectivity index (χ1n) is 6.76. The Kier molecular flexibility index (Phi) is 6.02. The SMILES string of the molecule is CCOc1cccc(N)c1C(=O)N(C)CC(C)C(=O)OC. The van der Waals surface area contributed by atoms with Crippen molar-refractivity contribution in [3.05, 3.63) is 23.8 Å². The molecule has 0 aliphatic heterocycles. The second-order valence-electron chi connectivity index (χ2n) is 4.76. The summed E-state index contributed by atoms with van der Waals surface area (Å²) in [6.45, 7) is 4.21. The molecule has 116 valence electrons. The van der Waals surface area contributed by atoms with E-state index in [1.165, 1.54) is 12.0 Å². The molecule has 0 heterocycles. The lowest BCUT2D eigenvalue weighted by Gasteiger charge is -2.22. The smallest absolute Gasteiger partial charge is 0.310 e. The molecule has 1 aromatic rings. The van der Waals surface area contributed by atoms with Crippen molar-refractivity contribution in [1.29, 1.82) is 0 Å². The second kappa shape index (κ2) is 7.52. The van der Waals surface area contributed by atoms with E-state index in [4.69, 9.17) is 10.5 Å². The molecule has 0 fully saturated rings. The van der Waals surface area contributed by atoms with E-state index in [0.717, 1.165) is 0 Å². The Bertz CT molecular complexity index is 516. The van der Waals surface area contributed by atoms with Crippen LogP contribution in [-0.2, 0) is 9.53 Å². The van der Waals surface area contributed by atoms with Crippen LogP contribution in [0.25, 0.3) is 0 Å². The van der Waals surface area contributed by atoms with Gasteiger partial charge in [0, 0.05) is 19.3 Å². The van der Waals surface area contributed by atoms with Gasteiger partial charge in [-0.05, 0) is 19.1 Å². The van der Waals surface area contributed by atoms with Crippen LogP contribution in [0.4, 0.5) is 5.69 Å². The molecule has 0 bridgehead atoms. The number of nitrogens with two attached hydrogens (primary N) is 1. The summed E-state index contributed by atoms with van der Waals surface area (Å²) in [6.07, 6.45) is 0. The predicted molar refractivity (Wildman–Crippen MR) is 80.2 cm³/mol. The number of benzene rings is 1. The predicted octanol–water partition coefficient (Wildman–Crippen LogP) is 1.55. The minimum atomic E-state index is -0.413. The summed E-state index contributed by atoms with van der Waals surface area (Å²) in [5, 5.41) is 0. The highest BCUT2D eigenvalue weighted by Crippen LogP contribution is 2.26. The number of ether oxygens (including phenoxy) is 2. The van der Waals surface area contributed by atoms with Crippen LogP contribution in [0.1, 0.15) is 24.2 Å². The maximum atomic E-state index is 12.5. The van der Waals surface area contributed by atoms with Gasteiger partial charge in [0.05, 0.1) is 19.6 Å². The number of anilines is 1. The standard InChI is InChI=1S/C15H22N2O4/c1-5-21-12-8-6-7-11(16)13(12)14(18)17(3)9-10(2)15(19)20-4/h6-8,10H,5,9,16H2,1-4H3. The van der Waals surface area contributed by atoms with Crippen molar-refractivity contribution in [2.75, 3.05) is 33.0 Å². The van der Waals surface area contributed by atoms with Crippen molar-refractivity contribution in [2.45, 2.75) is 13.8 Å². The average molecular weight is 294 g/mol. The number of rotatable bonds is 6. The maximum Gasteiger partial charge on any atom is 0.310 e. The molecule has 0 aromatic heterocycles. The van der Waals surface area contributed by atoms with Crippen LogP contribution in [0.5, 0.6) is 5.75 Å². The fourth-order valence-corrected chi connectivity index (χ4v) is 2.01. The van der Waals surface area contributed by atoms with Gasteiger partial charge in [-0.3, -0.25) is 9.59 Å². The molecule has 1 amide bonds. The van der Waals surface area contributed by atoms with E-state index >= 15 is 0 Å². The number of nitrogens with zero attached hydrogens (tertiary/aromatic N) is 1. The molecule has 1 aromatic carbocycles. The van der Waals surface area contributed by atoms with Crippen LogP contribution in [0.3, 0.4) is 0 Å². The molecule has 21 heavy (non-hydrogen) atoms.